The van der Waals surface area contributed by atoms with Gasteiger partial charge in [0, 0.05) is 0 Å². The van der Waals surface area contributed by atoms with Crippen molar-refractivity contribution in [2.24, 2.45) is 5.41 Å². The van der Waals surface area contributed by atoms with Gasteiger partial charge < -0.3 is 9.79 Å². The van der Waals surface area contributed by atoms with Gasteiger partial charge in [0.2, 0.25) is 0 Å². The molecule has 0 aromatic heterocycles. The second kappa shape index (κ2) is 7.40. The average molecular weight is 310 g/mol. The van der Waals surface area contributed by atoms with Gasteiger partial charge in [-0.3, -0.25) is 4.57 Å². The van der Waals surface area contributed by atoms with Gasteiger partial charge >= 0.3 is 7.60 Å². The summed E-state index contributed by atoms with van der Waals surface area (Å²) in [5.41, 5.74) is 3.83. The Bertz CT molecular complexity index is 518. The van der Waals surface area contributed by atoms with Crippen molar-refractivity contribution < 1.29 is 14.4 Å². The summed E-state index contributed by atoms with van der Waals surface area (Å²) in [6.45, 7) is 10.4. The van der Waals surface area contributed by atoms with Gasteiger partial charge in [0.25, 0.3) is 0 Å². The highest BCUT2D eigenvalue weighted by molar-refractivity contribution is 7.51. The minimum Gasteiger partial charge on any atom is -0.324 e. The smallest absolute Gasteiger partial charge is 0.324 e. The third-order valence-corrected chi connectivity index (χ3v) is 4.64. The van der Waals surface area contributed by atoms with Crippen LogP contribution in [0.2, 0.25) is 0 Å². The second-order valence-corrected chi connectivity index (χ2v) is 8.08. The van der Waals surface area contributed by atoms with E-state index in [1.165, 1.54) is 24.0 Å². The Labute approximate surface area is 128 Å². The lowest BCUT2D eigenvalue weighted by Crippen LogP contribution is -2.19. The molecule has 0 radical (unpaired) electrons. The molecule has 0 aliphatic heterocycles. The molecule has 21 heavy (non-hydrogen) atoms. The lowest BCUT2D eigenvalue weighted by molar-refractivity contribution is 0.376. The summed E-state index contributed by atoms with van der Waals surface area (Å²) in [6, 6.07) is 0. The number of hydrogen-bond acceptors (Lipinski definition) is 1. The van der Waals surface area contributed by atoms with Crippen molar-refractivity contribution in [3.63, 3.8) is 0 Å². The molecule has 1 rings (SSSR count). The van der Waals surface area contributed by atoms with Crippen LogP contribution in [0.1, 0.15) is 46.5 Å². The van der Waals surface area contributed by atoms with Gasteiger partial charge in [-0.2, -0.15) is 0 Å². The fourth-order valence-electron chi connectivity index (χ4n) is 2.82. The standard InChI is InChI=1S/C17H27O3P/c1-5-7-15(11-13-21(18,19)20)9-10-16-14(2)8-6-12-17(16,3)4/h5,9-11H,1,6-8,12-13H2,2-4H3,(H2,18,19,20)/b10-9+,15-11+. The lowest BCUT2D eigenvalue weighted by atomic mass is 9.72. The Hall–Kier alpha value is -0.890. The van der Waals surface area contributed by atoms with Crippen LogP contribution in [0.3, 0.4) is 0 Å². The highest BCUT2D eigenvalue weighted by Crippen LogP contribution is 2.41. The third kappa shape index (κ3) is 6.17. The summed E-state index contributed by atoms with van der Waals surface area (Å²) in [5, 5.41) is 0. The first kappa shape index (κ1) is 18.2. The molecule has 0 aromatic carbocycles. The summed E-state index contributed by atoms with van der Waals surface area (Å²) < 4.78 is 11.0. The normalized spacial score (nSPS) is 20.1. The van der Waals surface area contributed by atoms with E-state index in [2.05, 4.69) is 33.4 Å². The molecule has 118 valence electrons. The van der Waals surface area contributed by atoms with E-state index in [1.807, 2.05) is 6.08 Å². The van der Waals surface area contributed by atoms with Crippen molar-refractivity contribution in [3.8, 4) is 0 Å². The topological polar surface area (TPSA) is 57.5 Å². The van der Waals surface area contributed by atoms with Gasteiger partial charge in [0.1, 0.15) is 0 Å². The molecule has 0 spiro atoms. The molecule has 2 N–H and O–H groups in total. The fourth-order valence-corrected chi connectivity index (χ4v) is 3.30. The Morgan fingerprint density at radius 1 is 1.43 bits per heavy atom. The zero-order valence-electron chi connectivity index (χ0n) is 13.3. The van der Waals surface area contributed by atoms with Crippen LogP contribution in [-0.2, 0) is 4.57 Å². The summed E-state index contributed by atoms with van der Waals surface area (Å²) in [6.07, 6.45) is 11.4. The van der Waals surface area contributed by atoms with Crippen LogP contribution in [0, 0.1) is 5.41 Å². The molecular formula is C17H27O3P. The van der Waals surface area contributed by atoms with Gasteiger partial charge in [-0.25, -0.2) is 0 Å². The first-order valence-electron chi connectivity index (χ1n) is 7.38. The van der Waals surface area contributed by atoms with E-state index in [9.17, 15) is 4.57 Å². The summed E-state index contributed by atoms with van der Waals surface area (Å²) in [5.74, 6) is 0. The predicted octanol–water partition coefficient (Wildman–Crippen LogP) is 4.75. The minimum absolute atomic E-state index is 0.168. The first-order chi connectivity index (χ1) is 9.65. The van der Waals surface area contributed by atoms with E-state index in [0.29, 0.717) is 6.42 Å². The van der Waals surface area contributed by atoms with E-state index >= 15 is 0 Å². The van der Waals surface area contributed by atoms with Gasteiger partial charge in [0.05, 0.1) is 6.16 Å². The second-order valence-electron chi connectivity index (χ2n) is 6.38. The van der Waals surface area contributed by atoms with Crippen LogP contribution in [0.4, 0.5) is 0 Å². The molecule has 0 atom stereocenters. The maximum Gasteiger partial charge on any atom is 0.329 e. The zero-order valence-corrected chi connectivity index (χ0v) is 14.2. The summed E-state index contributed by atoms with van der Waals surface area (Å²) in [7, 11) is -3.99. The average Bonchev–Trinajstić information content (AvgIpc) is 2.33. The number of rotatable bonds is 6. The molecule has 0 heterocycles. The molecule has 0 unspecified atom stereocenters. The molecule has 4 heteroatoms. The van der Waals surface area contributed by atoms with Crippen LogP contribution >= 0.6 is 7.60 Å². The van der Waals surface area contributed by atoms with Crippen LogP contribution in [0.5, 0.6) is 0 Å². The summed E-state index contributed by atoms with van der Waals surface area (Å²) in [4.78, 5) is 18.0. The van der Waals surface area contributed by atoms with E-state index in [0.717, 1.165) is 12.0 Å². The molecule has 0 amide bonds. The SMILES string of the molecule is C=CCC(/C=C/C1=C(C)CCCC1(C)C)=C\CP(=O)(O)O. The van der Waals surface area contributed by atoms with E-state index in [4.69, 9.17) is 9.79 Å². The molecule has 1 aliphatic rings. The van der Waals surface area contributed by atoms with Gasteiger partial charge in [-0.05, 0) is 49.2 Å². The largest absolute Gasteiger partial charge is 0.329 e. The molecule has 0 aromatic rings. The maximum atomic E-state index is 11.0. The van der Waals surface area contributed by atoms with Crippen molar-refractivity contribution in [3.05, 3.63) is 47.6 Å². The Morgan fingerprint density at radius 3 is 2.62 bits per heavy atom. The fraction of sp³-hybridized carbons (Fsp3) is 0.529. The molecule has 0 bridgehead atoms. The number of allylic oxidation sites excluding steroid dienone is 7. The van der Waals surface area contributed by atoms with Crippen molar-refractivity contribution >= 4 is 7.60 Å². The third-order valence-electron chi connectivity index (χ3n) is 3.98. The van der Waals surface area contributed by atoms with Crippen molar-refractivity contribution in [1.29, 1.82) is 0 Å². The van der Waals surface area contributed by atoms with Crippen LogP contribution in [-0.4, -0.2) is 15.9 Å². The minimum atomic E-state index is -3.99. The predicted molar refractivity (Wildman–Crippen MR) is 89.3 cm³/mol. The first-order valence-corrected chi connectivity index (χ1v) is 9.18. The Kier molecular flexibility index (Phi) is 6.40. The van der Waals surface area contributed by atoms with Crippen molar-refractivity contribution in [2.75, 3.05) is 6.16 Å². The van der Waals surface area contributed by atoms with Crippen LogP contribution in [0.15, 0.2) is 47.6 Å². The van der Waals surface area contributed by atoms with Crippen molar-refractivity contribution in [1.82, 2.24) is 0 Å². The van der Waals surface area contributed by atoms with E-state index < -0.39 is 7.60 Å². The van der Waals surface area contributed by atoms with Gasteiger partial charge in [-0.1, -0.05) is 43.7 Å². The summed E-state index contributed by atoms with van der Waals surface area (Å²) >= 11 is 0. The molecule has 3 nitrogen and oxygen atoms in total. The zero-order chi connectivity index (χ0) is 16.1. The van der Waals surface area contributed by atoms with Gasteiger partial charge in [-0.15, -0.1) is 6.58 Å². The highest BCUT2D eigenvalue weighted by atomic mass is 31.2. The molecular weight excluding hydrogens is 283 g/mol. The molecule has 0 saturated heterocycles. The maximum absolute atomic E-state index is 11.0. The quantitative estimate of drug-likeness (QED) is 0.423. The molecule has 0 fully saturated rings. The highest BCUT2D eigenvalue weighted by Gasteiger charge is 2.26. The lowest BCUT2D eigenvalue weighted by Gasteiger charge is -2.33. The number of hydrogen-bond donors (Lipinski definition) is 2. The monoisotopic (exact) mass is 310 g/mol. The Morgan fingerprint density at radius 2 is 2.10 bits per heavy atom. The van der Waals surface area contributed by atoms with Gasteiger partial charge in [0.15, 0.2) is 0 Å². The Balaban J connectivity index is 2.97. The molecule has 1 aliphatic carbocycles. The van der Waals surface area contributed by atoms with E-state index in [1.54, 1.807) is 12.2 Å². The van der Waals surface area contributed by atoms with Crippen LogP contribution in [0.25, 0.3) is 0 Å². The molecule has 0 saturated carbocycles. The van der Waals surface area contributed by atoms with Crippen molar-refractivity contribution in [2.45, 2.75) is 46.5 Å². The van der Waals surface area contributed by atoms with E-state index in [-0.39, 0.29) is 11.6 Å². The van der Waals surface area contributed by atoms with Crippen LogP contribution < -0.4 is 0 Å².